The van der Waals surface area contributed by atoms with Crippen LogP contribution in [0.2, 0.25) is 5.04 Å². The van der Waals surface area contributed by atoms with Crippen LogP contribution in [0.1, 0.15) is 39.0 Å². The Morgan fingerprint density at radius 1 is 1.09 bits per heavy atom. The van der Waals surface area contributed by atoms with E-state index in [-0.39, 0.29) is 36.7 Å². The van der Waals surface area contributed by atoms with Crippen LogP contribution in [0.5, 0.6) is 0 Å². The second kappa shape index (κ2) is 14.6. The average molecular weight is 658 g/mol. The molecule has 0 spiro atoms. The normalized spacial score (nSPS) is 19.0. The van der Waals surface area contributed by atoms with Gasteiger partial charge >= 0.3 is 17.8 Å². The molecule has 2 heterocycles. The lowest BCUT2D eigenvalue weighted by atomic mass is 10.2. The Balaban J connectivity index is 1.61. The average Bonchev–Trinajstić information content (AvgIpc) is 3.41. The van der Waals surface area contributed by atoms with Crippen molar-refractivity contribution in [3.05, 3.63) is 118 Å². The molecule has 0 bridgehead atoms. The minimum Gasteiger partial charge on any atom is -0.405 e. The number of benzene rings is 2. The summed E-state index contributed by atoms with van der Waals surface area (Å²) in [5.41, 5.74) is -1.35. The van der Waals surface area contributed by atoms with Crippen molar-refractivity contribution in [2.75, 3.05) is 13.2 Å². The Kier molecular flexibility index (Phi) is 11.0. The third-order valence-electron chi connectivity index (χ3n) is 7.77. The summed E-state index contributed by atoms with van der Waals surface area (Å²) >= 11 is 0. The first-order valence-corrected chi connectivity index (χ1v) is 16.7. The first-order valence-electron chi connectivity index (χ1n) is 14.8. The van der Waals surface area contributed by atoms with Crippen LogP contribution in [0, 0.1) is 0 Å². The number of halogens is 3. The van der Waals surface area contributed by atoms with Crippen molar-refractivity contribution in [2.45, 2.75) is 63.3 Å². The molecule has 0 radical (unpaired) electrons. The number of carbonyl (C=O) groups is 1. The van der Waals surface area contributed by atoms with E-state index in [4.69, 9.17) is 13.9 Å². The summed E-state index contributed by atoms with van der Waals surface area (Å²) in [7, 11) is -2.92. The van der Waals surface area contributed by atoms with Gasteiger partial charge in [-0.05, 0) is 21.8 Å². The minimum atomic E-state index is -5.05. The first-order chi connectivity index (χ1) is 21.8. The van der Waals surface area contributed by atoms with Gasteiger partial charge in [-0.15, -0.1) is 6.58 Å². The predicted octanol–water partition coefficient (Wildman–Crippen LogP) is 3.71. The van der Waals surface area contributed by atoms with Crippen molar-refractivity contribution in [3.8, 4) is 0 Å². The zero-order valence-electron chi connectivity index (χ0n) is 25.9. The molecular formula is C33H38F3N3O6Si. The van der Waals surface area contributed by atoms with E-state index in [1.54, 1.807) is 11.4 Å². The van der Waals surface area contributed by atoms with Gasteiger partial charge < -0.3 is 19.2 Å². The number of H-pyrrole nitrogens is 1. The number of carbonyl (C=O) groups excluding carboxylic acids is 1. The van der Waals surface area contributed by atoms with E-state index in [1.165, 1.54) is 16.8 Å². The molecule has 3 atom stereocenters. The van der Waals surface area contributed by atoms with E-state index in [0.29, 0.717) is 0 Å². The molecule has 9 nitrogen and oxygen atoms in total. The lowest BCUT2D eigenvalue weighted by molar-refractivity contribution is -0.172. The Morgan fingerprint density at radius 2 is 1.70 bits per heavy atom. The molecular weight excluding hydrogens is 619 g/mol. The number of nitrogens with zero attached hydrogens (tertiary/aromatic N) is 1. The van der Waals surface area contributed by atoms with Crippen molar-refractivity contribution in [3.63, 3.8) is 0 Å². The van der Waals surface area contributed by atoms with E-state index in [9.17, 15) is 27.6 Å². The van der Waals surface area contributed by atoms with Gasteiger partial charge in [0.05, 0.1) is 19.3 Å². The van der Waals surface area contributed by atoms with Crippen molar-refractivity contribution < 1.29 is 31.9 Å². The van der Waals surface area contributed by atoms with E-state index >= 15 is 0 Å². The summed E-state index contributed by atoms with van der Waals surface area (Å²) in [4.78, 5) is 38.7. The highest BCUT2D eigenvalue weighted by Gasteiger charge is 2.51. The fourth-order valence-corrected chi connectivity index (χ4v) is 10.2. The number of ether oxygens (including phenoxy) is 2. The monoisotopic (exact) mass is 657 g/mol. The minimum absolute atomic E-state index is 0.0799. The molecule has 2 N–H and O–H groups in total. The first kappa shape index (κ1) is 34.8. The quantitative estimate of drug-likeness (QED) is 0.227. The number of aromatic amines is 1. The molecule has 2 aromatic carbocycles. The Hall–Kier alpha value is -4.04. The molecule has 1 fully saturated rings. The van der Waals surface area contributed by atoms with Gasteiger partial charge in [0.25, 0.3) is 13.9 Å². The number of hydrogen-bond donors (Lipinski definition) is 2. The van der Waals surface area contributed by atoms with Crippen molar-refractivity contribution in [1.29, 1.82) is 0 Å². The lowest BCUT2D eigenvalue weighted by Gasteiger charge is -2.43. The van der Waals surface area contributed by atoms with Gasteiger partial charge in [-0.3, -0.25) is 19.1 Å². The third kappa shape index (κ3) is 7.84. The fraction of sp³-hybridized carbons (Fsp3) is 0.364. The van der Waals surface area contributed by atoms with Crippen molar-refractivity contribution in [1.82, 2.24) is 14.9 Å². The zero-order chi connectivity index (χ0) is 33.5. The van der Waals surface area contributed by atoms with Crippen LogP contribution in [0.4, 0.5) is 13.2 Å². The summed E-state index contributed by atoms with van der Waals surface area (Å²) < 4.78 is 58.1. The smallest absolute Gasteiger partial charge is 0.405 e. The highest BCUT2D eigenvalue weighted by atomic mass is 28.4. The van der Waals surface area contributed by atoms with Crippen molar-refractivity contribution in [2.24, 2.45) is 0 Å². The highest BCUT2D eigenvalue weighted by molar-refractivity contribution is 6.99. The molecule has 13 heteroatoms. The number of aromatic nitrogens is 2. The molecule has 1 saturated heterocycles. The van der Waals surface area contributed by atoms with Crippen LogP contribution < -0.4 is 26.9 Å². The molecule has 1 amide bonds. The number of nitrogens with one attached hydrogen (secondary N) is 2. The van der Waals surface area contributed by atoms with E-state index in [1.807, 2.05) is 36.4 Å². The predicted molar refractivity (Wildman–Crippen MR) is 170 cm³/mol. The second-order valence-corrected chi connectivity index (χ2v) is 16.2. The molecule has 1 aliphatic heterocycles. The third-order valence-corrected chi connectivity index (χ3v) is 12.8. The Bertz CT molecular complexity index is 1590. The molecule has 46 heavy (non-hydrogen) atoms. The van der Waals surface area contributed by atoms with Crippen LogP contribution in [0.3, 0.4) is 0 Å². The van der Waals surface area contributed by atoms with Gasteiger partial charge in [-0.25, -0.2) is 4.79 Å². The molecule has 0 aliphatic carbocycles. The van der Waals surface area contributed by atoms with Gasteiger partial charge in [0.15, 0.2) is 0 Å². The van der Waals surface area contributed by atoms with E-state index in [2.05, 4.69) is 56.6 Å². The van der Waals surface area contributed by atoms with Gasteiger partial charge in [0, 0.05) is 24.4 Å². The van der Waals surface area contributed by atoms with Crippen LogP contribution >= 0.6 is 0 Å². The molecule has 0 unspecified atom stereocenters. The number of allylic oxidation sites excluding steroid dienone is 1. The molecule has 3 aromatic rings. The fourth-order valence-electron chi connectivity index (χ4n) is 5.65. The van der Waals surface area contributed by atoms with Crippen molar-refractivity contribution >= 4 is 24.6 Å². The van der Waals surface area contributed by atoms with Gasteiger partial charge in [0.2, 0.25) is 0 Å². The van der Waals surface area contributed by atoms with Gasteiger partial charge in [0.1, 0.15) is 12.3 Å². The maximum Gasteiger partial charge on any atom is 0.471 e. The summed E-state index contributed by atoms with van der Waals surface area (Å²) in [5.74, 6) is -2.14. The Morgan fingerprint density at radius 3 is 2.24 bits per heavy atom. The van der Waals surface area contributed by atoms with Crippen LogP contribution in [0.25, 0.3) is 0 Å². The number of rotatable bonds is 12. The van der Waals surface area contributed by atoms with Crippen LogP contribution in [-0.2, 0) is 25.1 Å². The highest BCUT2D eigenvalue weighted by Crippen LogP contribution is 2.38. The topological polar surface area (TPSA) is 112 Å². The van der Waals surface area contributed by atoms with E-state index in [0.717, 1.165) is 16.6 Å². The largest absolute Gasteiger partial charge is 0.471 e. The number of alkyl halides is 3. The molecule has 1 aliphatic rings. The Labute approximate surface area is 265 Å². The van der Waals surface area contributed by atoms with Gasteiger partial charge in [-0.1, -0.05) is 93.6 Å². The standard InChI is InChI=1S/C33H38F3N3O6Si/c1-5-19-43-26-20-28(39-21-23(29(40)38-31(39)42)13-12-18-37-30(41)33(34,35)36)45-27(26)22-44-46(32(2,3)4,24-14-8-6-9-15-24)25-16-10-7-11-17-25/h5-12,14-18,21,26-28H,1,13,19-20,22H2,2-4H3,(H,37,41)(H,38,40,42)/t26-,27+,28+/m0/s1. The molecule has 4 rings (SSSR count). The maximum absolute atomic E-state index is 12.9. The summed E-state index contributed by atoms with van der Waals surface area (Å²) in [6, 6.07) is 20.2. The number of amides is 1. The summed E-state index contributed by atoms with van der Waals surface area (Å²) in [6.07, 6.45) is -1.96. The maximum atomic E-state index is 12.9. The van der Waals surface area contributed by atoms with E-state index < -0.39 is 50.1 Å². The SMILES string of the molecule is C=CCO[C@H]1C[C@H](n2cc(CC=CNC(=O)C(F)(F)F)c(=O)[nH]c2=O)O[C@@H]1CO[Si](c1ccccc1)(c1ccccc1)C(C)(C)C. The summed E-state index contributed by atoms with van der Waals surface area (Å²) in [6.45, 7) is 10.6. The van der Waals surface area contributed by atoms with Gasteiger partial charge in [-0.2, -0.15) is 13.2 Å². The second-order valence-electron chi connectivity index (χ2n) is 11.9. The lowest BCUT2D eigenvalue weighted by Crippen LogP contribution is -2.67. The molecule has 0 saturated carbocycles. The molecule has 246 valence electrons. The van der Waals surface area contributed by atoms with Crippen LogP contribution in [0.15, 0.2) is 101 Å². The summed E-state index contributed by atoms with van der Waals surface area (Å²) in [5, 5.41) is 3.49. The number of hydrogen-bond acceptors (Lipinski definition) is 6. The molecule has 1 aromatic heterocycles. The van der Waals surface area contributed by atoms with Crippen LogP contribution in [-0.4, -0.2) is 55.4 Å². The zero-order valence-corrected chi connectivity index (χ0v) is 26.9.